The van der Waals surface area contributed by atoms with E-state index in [4.69, 9.17) is 0 Å². The van der Waals surface area contributed by atoms with Crippen LogP contribution in [0, 0.1) is 6.92 Å². The highest BCUT2D eigenvalue weighted by molar-refractivity contribution is 6.20. The van der Waals surface area contributed by atoms with Gasteiger partial charge in [-0.1, -0.05) is 175 Å². The van der Waals surface area contributed by atoms with Gasteiger partial charge in [0.05, 0.1) is 21.9 Å². The van der Waals surface area contributed by atoms with Crippen LogP contribution in [0.3, 0.4) is 0 Å². The van der Waals surface area contributed by atoms with E-state index >= 15 is 0 Å². The average Bonchev–Trinajstić information content (AvgIpc) is 3.85. The van der Waals surface area contributed by atoms with Gasteiger partial charge >= 0.3 is 0 Å². The van der Waals surface area contributed by atoms with Gasteiger partial charge in [0.15, 0.2) is 0 Å². The summed E-state index contributed by atoms with van der Waals surface area (Å²) in [6, 6.07) is 73.9. The average molecular weight is 710 g/mol. The topological polar surface area (TPSA) is 4.93 Å². The Morgan fingerprint density at radius 1 is 0.339 bits per heavy atom. The van der Waals surface area contributed by atoms with Crippen LogP contribution in [0.1, 0.15) is 50.1 Å². The molecule has 0 bridgehead atoms. The highest BCUT2D eigenvalue weighted by atomic mass is 15.0. The van der Waals surface area contributed by atoms with E-state index in [2.05, 4.69) is 206 Å². The SMILES string of the molecule is Cc1ccc(-n2c3cc4c(cc3c3ccc5ccccc5c32)-c2ccccc2C42c3ccccc3C3(c4ccccc4-c4ccccc43)c3ccccc32)cc1. The predicted octanol–water partition coefficient (Wildman–Crippen LogP) is 13.3. The van der Waals surface area contributed by atoms with Gasteiger partial charge < -0.3 is 4.57 Å². The van der Waals surface area contributed by atoms with Gasteiger partial charge in [-0.05, 0) is 103 Å². The Bertz CT molecular complexity index is 3230. The lowest BCUT2D eigenvalue weighted by atomic mass is 9.52. The Morgan fingerprint density at radius 3 is 1.38 bits per heavy atom. The Labute approximate surface area is 325 Å². The number of hydrogen-bond acceptors (Lipinski definition) is 0. The molecule has 3 aliphatic rings. The Balaban J connectivity index is 1.22. The predicted molar refractivity (Wildman–Crippen MR) is 231 cm³/mol. The second-order valence-corrected chi connectivity index (χ2v) is 16.0. The van der Waals surface area contributed by atoms with E-state index in [1.165, 1.54) is 111 Å². The molecule has 56 heavy (non-hydrogen) atoms. The Hall–Kier alpha value is -6.96. The maximum absolute atomic E-state index is 2.57. The molecule has 0 saturated heterocycles. The molecule has 1 aromatic heterocycles. The Morgan fingerprint density at radius 2 is 0.804 bits per heavy atom. The summed E-state index contributed by atoms with van der Waals surface area (Å²) >= 11 is 0. The van der Waals surface area contributed by atoms with Gasteiger partial charge in [0.1, 0.15) is 0 Å². The van der Waals surface area contributed by atoms with Crippen molar-refractivity contribution in [2.45, 2.75) is 17.8 Å². The normalized spacial score (nSPS) is 14.8. The molecular weight excluding hydrogens is 675 g/mol. The van der Waals surface area contributed by atoms with E-state index in [0.29, 0.717) is 0 Å². The third-order valence-electron chi connectivity index (χ3n) is 13.5. The minimum atomic E-state index is -0.540. The summed E-state index contributed by atoms with van der Waals surface area (Å²) < 4.78 is 2.54. The van der Waals surface area contributed by atoms with Gasteiger partial charge in [-0.25, -0.2) is 0 Å². The zero-order chi connectivity index (χ0) is 36.8. The summed E-state index contributed by atoms with van der Waals surface area (Å²) in [7, 11) is 0. The number of rotatable bonds is 1. The molecule has 260 valence electrons. The van der Waals surface area contributed by atoms with E-state index in [-0.39, 0.29) is 0 Å². The van der Waals surface area contributed by atoms with E-state index in [0.717, 1.165) is 0 Å². The molecule has 0 N–H and O–H groups in total. The maximum atomic E-state index is 2.57. The van der Waals surface area contributed by atoms with Crippen molar-refractivity contribution < 1.29 is 0 Å². The molecule has 0 radical (unpaired) electrons. The summed E-state index contributed by atoms with van der Waals surface area (Å²) in [6.45, 7) is 2.17. The molecule has 9 aromatic carbocycles. The minimum Gasteiger partial charge on any atom is -0.309 e. The number of aromatic nitrogens is 1. The summed E-state index contributed by atoms with van der Waals surface area (Å²) in [5.41, 5.74) is 20.1. The van der Waals surface area contributed by atoms with Gasteiger partial charge in [-0.15, -0.1) is 0 Å². The maximum Gasteiger partial charge on any atom is 0.0720 e. The fourth-order valence-electron chi connectivity index (χ4n) is 11.5. The molecule has 0 atom stereocenters. The van der Waals surface area contributed by atoms with E-state index in [1.54, 1.807) is 0 Å². The molecule has 1 heterocycles. The van der Waals surface area contributed by atoms with Crippen LogP contribution < -0.4 is 0 Å². The second kappa shape index (κ2) is 10.6. The first-order chi connectivity index (χ1) is 27.7. The van der Waals surface area contributed by atoms with Crippen molar-refractivity contribution >= 4 is 32.6 Å². The molecule has 0 fully saturated rings. The number of benzene rings is 9. The largest absolute Gasteiger partial charge is 0.309 e. The van der Waals surface area contributed by atoms with Crippen molar-refractivity contribution in [3.8, 4) is 27.9 Å². The van der Waals surface area contributed by atoms with E-state index < -0.39 is 10.8 Å². The number of aryl methyl sites for hydroxylation is 1. The molecule has 1 heteroatoms. The molecule has 0 saturated carbocycles. The van der Waals surface area contributed by atoms with Gasteiger partial charge in [0, 0.05) is 21.8 Å². The van der Waals surface area contributed by atoms with Gasteiger partial charge in [-0.3, -0.25) is 0 Å². The Kier molecular flexibility index (Phi) is 5.76. The zero-order valence-electron chi connectivity index (χ0n) is 30.9. The second-order valence-electron chi connectivity index (χ2n) is 16.0. The van der Waals surface area contributed by atoms with Crippen LogP contribution in [0.25, 0.3) is 60.5 Å². The first kappa shape index (κ1) is 30.4. The van der Waals surface area contributed by atoms with Crippen LogP contribution in [0.15, 0.2) is 194 Å². The summed E-state index contributed by atoms with van der Waals surface area (Å²) in [4.78, 5) is 0. The monoisotopic (exact) mass is 709 g/mol. The molecule has 0 aliphatic heterocycles. The number of hydrogen-bond donors (Lipinski definition) is 0. The van der Waals surface area contributed by atoms with Crippen molar-refractivity contribution in [2.24, 2.45) is 0 Å². The molecule has 3 aliphatic carbocycles. The van der Waals surface area contributed by atoms with Crippen LogP contribution in [0.4, 0.5) is 0 Å². The van der Waals surface area contributed by atoms with Gasteiger partial charge in [0.25, 0.3) is 0 Å². The molecule has 13 rings (SSSR count). The number of fused-ring (bicyclic) bond motifs is 21. The van der Waals surface area contributed by atoms with Crippen LogP contribution in [0.5, 0.6) is 0 Å². The van der Waals surface area contributed by atoms with Crippen LogP contribution in [-0.4, -0.2) is 4.57 Å². The van der Waals surface area contributed by atoms with Gasteiger partial charge in [0.2, 0.25) is 0 Å². The highest BCUT2D eigenvalue weighted by Gasteiger charge is 2.58. The van der Waals surface area contributed by atoms with E-state index in [9.17, 15) is 0 Å². The minimum absolute atomic E-state index is 0.455. The molecule has 10 aromatic rings. The molecule has 1 nitrogen and oxygen atoms in total. The lowest BCUT2D eigenvalue weighted by Crippen LogP contribution is -2.43. The van der Waals surface area contributed by atoms with Crippen molar-refractivity contribution in [1.82, 2.24) is 4.57 Å². The standard InChI is InChI=1S/C55H35N/c1-34-26-29-36(30-27-34)56-52-33-51-42(32-43(52)41-31-28-35-14-2-3-15-37(35)53(41)56)40-18-6-9-21-46(40)55(51)49-24-12-10-22-47(49)54(48-23-11-13-25-50(48)55)44-19-7-4-16-38(44)39-17-5-8-20-45(39)54/h2-33H,1H3. The number of nitrogens with zero attached hydrogens (tertiary/aromatic N) is 1. The van der Waals surface area contributed by atoms with Crippen molar-refractivity contribution in [3.63, 3.8) is 0 Å². The third-order valence-corrected chi connectivity index (χ3v) is 13.5. The van der Waals surface area contributed by atoms with Crippen LogP contribution >= 0.6 is 0 Å². The molecule has 0 amide bonds. The molecule has 0 unspecified atom stereocenters. The lowest BCUT2D eigenvalue weighted by Gasteiger charge is -2.48. The summed E-state index contributed by atoms with van der Waals surface area (Å²) in [6.07, 6.45) is 0. The van der Waals surface area contributed by atoms with Crippen molar-refractivity contribution in [3.05, 3.63) is 244 Å². The quantitative estimate of drug-likeness (QED) is 0.160. The first-order valence-corrected chi connectivity index (χ1v) is 19.8. The first-order valence-electron chi connectivity index (χ1n) is 19.8. The van der Waals surface area contributed by atoms with Crippen molar-refractivity contribution in [1.29, 1.82) is 0 Å². The zero-order valence-corrected chi connectivity index (χ0v) is 30.9. The summed E-state index contributed by atoms with van der Waals surface area (Å²) in [5.74, 6) is 0. The van der Waals surface area contributed by atoms with Crippen molar-refractivity contribution in [2.75, 3.05) is 0 Å². The fraction of sp³-hybridized carbons (Fsp3) is 0.0545. The van der Waals surface area contributed by atoms with Crippen LogP contribution in [0.2, 0.25) is 0 Å². The molecular formula is C55H35N. The third kappa shape index (κ3) is 3.45. The summed E-state index contributed by atoms with van der Waals surface area (Å²) in [5, 5.41) is 5.08. The smallest absolute Gasteiger partial charge is 0.0720 e. The molecule has 2 spiro atoms. The fourth-order valence-corrected chi connectivity index (χ4v) is 11.5. The highest BCUT2D eigenvalue weighted by Crippen LogP contribution is 2.67. The van der Waals surface area contributed by atoms with Crippen LogP contribution in [-0.2, 0) is 10.8 Å². The lowest BCUT2D eigenvalue weighted by molar-refractivity contribution is 0.633. The van der Waals surface area contributed by atoms with E-state index in [1.807, 2.05) is 0 Å². The van der Waals surface area contributed by atoms with Gasteiger partial charge in [-0.2, -0.15) is 0 Å².